The quantitative estimate of drug-likeness (QED) is 0.0440. The number of alkyl halides is 3. The van der Waals surface area contributed by atoms with Crippen LogP contribution in [0.2, 0.25) is 0 Å². The maximum Gasteiger partial charge on any atom is 0.420 e. The van der Waals surface area contributed by atoms with Gasteiger partial charge in [0.25, 0.3) is 5.91 Å². The molecular weight excluding hydrogens is 1040 g/mol. The highest BCUT2D eigenvalue weighted by Crippen LogP contribution is 2.42. The number of aliphatic hydroxyl groups is 1. The highest BCUT2D eigenvalue weighted by molar-refractivity contribution is 7.81. The number of β-amino-alcohol motifs (C(OH)–C–C–N with tert-alkyl or cyclic N) is 1. The number of aromatic nitrogens is 2. The summed E-state index contributed by atoms with van der Waals surface area (Å²) in [7, 11) is 0. The molecule has 7 rings (SSSR count). The van der Waals surface area contributed by atoms with Crippen LogP contribution < -0.4 is 25.2 Å². The van der Waals surface area contributed by atoms with Crippen LogP contribution in [0.25, 0.3) is 21.7 Å². The minimum absolute atomic E-state index is 0.00978. The van der Waals surface area contributed by atoms with E-state index in [1.807, 2.05) is 31.2 Å². The molecule has 0 unspecified atom stereocenters. The molecule has 2 aromatic heterocycles. The highest BCUT2D eigenvalue weighted by atomic mass is 32.1. The minimum atomic E-state index is -5.28. The van der Waals surface area contributed by atoms with Crippen molar-refractivity contribution in [2.45, 2.75) is 84.4 Å². The second kappa shape index (κ2) is 23.1. The molecule has 2 fully saturated rings. The lowest BCUT2D eigenvalue weighted by atomic mass is 9.85. The first-order valence-corrected chi connectivity index (χ1v) is 24.9. The zero-order valence-electron chi connectivity index (χ0n) is 41.9. The maximum atomic E-state index is 15.7. The Morgan fingerprint density at radius 2 is 1.64 bits per heavy atom. The van der Waals surface area contributed by atoms with Crippen LogP contribution >= 0.6 is 23.6 Å². The summed E-state index contributed by atoms with van der Waals surface area (Å²) in [5.41, 5.74) is -2.12. The number of amides is 4. The number of likely N-dealkylation sites (tertiary alicyclic amines) is 1. The standard InChI is InChI=1S/C52H52F6N8O8S2/c1-28-44(76-27-62-28)30-9-7-29(8-10-30)23-61-46(69)38-21-34(67)25-64(38)47(70)45(50(2,3)4)63-40(68)26-73-16-15-72-17-18-74-39-14-12-31(19-35(39)53)43-36(54)20-33(24-60-43)66-49(75)65(48(71)51(66,5)6)37-13-11-32(22-59)41(42(37)55)52(56,57)58/h7-14,19-20,24,27,34,38,45,67H,15-18,21,23,25-26H2,1-6H3,(H,61,69)(H,63,68)/t34-,38+,45-/m1/s1. The number of carbonyl (C=O) groups is 4. The third-order valence-corrected chi connectivity index (χ3v) is 13.9. The van der Waals surface area contributed by atoms with Crippen molar-refractivity contribution in [3.63, 3.8) is 0 Å². The Hall–Kier alpha value is -7.04. The summed E-state index contributed by atoms with van der Waals surface area (Å²) < 4.78 is 104. The number of anilines is 2. The summed E-state index contributed by atoms with van der Waals surface area (Å²) in [6.07, 6.45) is -5.09. The van der Waals surface area contributed by atoms with Gasteiger partial charge in [0, 0.05) is 31.1 Å². The molecule has 3 aromatic carbocycles. The summed E-state index contributed by atoms with van der Waals surface area (Å²) in [5, 5.41) is 24.8. The molecule has 0 radical (unpaired) electrons. The van der Waals surface area contributed by atoms with Gasteiger partial charge in [0.15, 0.2) is 28.3 Å². The Morgan fingerprint density at radius 1 is 0.961 bits per heavy atom. The Bertz CT molecular complexity index is 3070. The Balaban J connectivity index is 0.856. The molecule has 2 aliphatic heterocycles. The number of hydrogen-bond acceptors (Lipinski definition) is 13. The second-order valence-corrected chi connectivity index (χ2v) is 20.6. The van der Waals surface area contributed by atoms with E-state index < -0.39 is 105 Å². The number of hydrogen-bond donors (Lipinski definition) is 3. The van der Waals surface area contributed by atoms with E-state index in [9.17, 15) is 37.5 Å². The van der Waals surface area contributed by atoms with Gasteiger partial charge >= 0.3 is 6.18 Å². The molecule has 3 N–H and O–H groups in total. The number of pyridine rings is 1. The topological polar surface area (TPSA) is 200 Å². The summed E-state index contributed by atoms with van der Waals surface area (Å²) in [4.78, 5) is 66.4. The van der Waals surface area contributed by atoms with Crippen LogP contribution in [0.5, 0.6) is 5.75 Å². The van der Waals surface area contributed by atoms with Crippen molar-refractivity contribution < 1.29 is 64.8 Å². The van der Waals surface area contributed by atoms with E-state index in [-0.39, 0.29) is 68.6 Å². The number of halogens is 6. The molecule has 24 heteroatoms. The van der Waals surface area contributed by atoms with Crippen LogP contribution in [0.15, 0.2) is 72.4 Å². The molecule has 4 heterocycles. The average Bonchev–Trinajstić information content (AvgIpc) is 4.02. The van der Waals surface area contributed by atoms with E-state index in [0.717, 1.165) is 51.0 Å². The van der Waals surface area contributed by atoms with Crippen LogP contribution in [0.4, 0.5) is 37.7 Å². The van der Waals surface area contributed by atoms with Gasteiger partial charge in [0.1, 0.15) is 42.1 Å². The zero-order chi connectivity index (χ0) is 55.4. The van der Waals surface area contributed by atoms with Crippen LogP contribution in [0.3, 0.4) is 0 Å². The molecule has 3 atom stereocenters. The third kappa shape index (κ3) is 12.3. The van der Waals surface area contributed by atoms with Crippen molar-refractivity contribution in [3.05, 3.63) is 112 Å². The molecule has 0 saturated carbocycles. The van der Waals surface area contributed by atoms with E-state index >= 15 is 13.2 Å². The monoisotopic (exact) mass is 1090 g/mol. The Labute approximate surface area is 442 Å². The summed E-state index contributed by atoms with van der Waals surface area (Å²) in [5.74, 6) is -6.49. The fourth-order valence-corrected chi connectivity index (χ4v) is 9.98. The first kappa shape index (κ1) is 56.7. The zero-order valence-corrected chi connectivity index (χ0v) is 43.5. The number of thiazole rings is 1. The fourth-order valence-electron chi connectivity index (χ4n) is 8.65. The van der Waals surface area contributed by atoms with E-state index in [2.05, 4.69) is 20.6 Å². The number of thiocarbonyl (C=S) groups is 1. The number of benzene rings is 3. The first-order chi connectivity index (χ1) is 35.8. The minimum Gasteiger partial charge on any atom is -0.488 e. The van der Waals surface area contributed by atoms with Gasteiger partial charge in [-0.2, -0.15) is 18.4 Å². The molecule has 402 valence electrons. The van der Waals surface area contributed by atoms with E-state index in [4.69, 9.17) is 31.7 Å². The molecule has 16 nitrogen and oxygen atoms in total. The molecule has 2 aliphatic rings. The lowest BCUT2D eigenvalue weighted by Gasteiger charge is -2.35. The number of aryl methyl sites for hydroxylation is 1. The molecule has 5 aromatic rings. The summed E-state index contributed by atoms with van der Waals surface area (Å²) in [6, 6.07) is 12.9. The fraction of sp³-hybridized carbons (Fsp3) is 0.385. The molecular formula is C52H52F6N8O8S2. The largest absolute Gasteiger partial charge is 0.488 e. The number of aliphatic hydroxyl groups excluding tert-OH is 1. The molecule has 76 heavy (non-hydrogen) atoms. The highest BCUT2D eigenvalue weighted by Gasteiger charge is 2.52. The molecule has 0 aliphatic carbocycles. The number of rotatable bonds is 18. The number of nitrogens with one attached hydrogen (secondary N) is 2. The normalized spacial score (nSPS) is 17.0. The van der Waals surface area contributed by atoms with Gasteiger partial charge in [-0.3, -0.25) is 29.1 Å². The summed E-state index contributed by atoms with van der Waals surface area (Å²) in [6.45, 7) is 9.38. The number of nitrogens with zero attached hydrogens (tertiary/aromatic N) is 6. The molecule has 4 amide bonds. The van der Waals surface area contributed by atoms with Gasteiger partial charge in [-0.05, 0) is 79.9 Å². The van der Waals surface area contributed by atoms with Crippen molar-refractivity contribution in [2.24, 2.45) is 5.41 Å². The molecule has 0 spiro atoms. The predicted octanol–water partition coefficient (Wildman–Crippen LogP) is 7.63. The number of carbonyl (C=O) groups excluding carboxylic acids is 4. The average molecular weight is 1100 g/mol. The third-order valence-electron chi connectivity index (χ3n) is 12.5. The van der Waals surface area contributed by atoms with Gasteiger partial charge in [-0.1, -0.05) is 45.0 Å². The van der Waals surface area contributed by atoms with Gasteiger partial charge in [0.05, 0.1) is 71.2 Å². The van der Waals surface area contributed by atoms with Crippen molar-refractivity contribution in [1.29, 1.82) is 5.26 Å². The second-order valence-electron chi connectivity index (χ2n) is 19.4. The Kier molecular flexibility index (Phi) is 17.2. The molecule has 2 saturated heterocycles. The molecule has 0 bridgehead atoms. The number of ether oxygens (including phenoxy) is 3. The predicted molar refractivity (Wildman–Crippen MR) is 271 cm³/mol. The Morgan fingerprint density at radius 3 is 2.28 bits per heavy atom. The smallest absolute Gasteiger partial charge is 0.420 e. The van der Waals surface area contributed by atoms with Gasteiger partial charge in [0.2, 0.25) is 17.7 Å². The van der Waals surface area contributed by atoms with Crippen LogP contribution in [0, 0.1) is 41.1 Å². The lowest BCUT2D eigenvalue weighted by molar-refractivity contribution is -0.144. The SMILES string of the molecule is Cc1ncsc1-c1ccc(CNC(=O)[C@@H]2C[C@@H](O)CN2C(=O)[C@@H](NC(=O)COCCOCCOc2ccc(-c3ncc(N4C(=S)N(c5ccc(C#N)c(C(F)(F)F)c5F)C(=O)C4(C)C)cc3F)cc2F)C(C)(C)C)cc1. The van der Waals surface area contributed by atoms with Crippen molar-refractivity contribution in [2.75, 3.05) is 49.4 Å². The van der Waals surface area contributed by atoms with Crippen LogP contribution in [-0.4, -0.2) is 112 Å². The lowest BCUT2D eigenvalue weighted by Crippen LogP contribution is -2.58. The van der Waals surface area contributed by atoms with Gasteiger partial charge in [-0.15, -0.1) is 11.3 Å². The van der Waals surface area contributed by atoms with Crippen LogP contribution in [0.1, 0.15) is 63.4 Å². The van der Waals surface area contributed by atoms with Crippen molar-refractivity contribution in [3.8, 4) is 33.5 Å². The van der Waals surface area contributed by atoms with Crippen LogP contribution in [-0.2, 0) is 41.4 Å². The van der Waals surface area contributed by atoms with Gasteiger partial charge in [-0.25, -0.2) is 18.2 Å². The van der Waals surface area contributed by atoms with E-state index in [1.54, 1.807) is 26.3 Å². The van der Waals surface area contributed by atoms with Crippen molar-refractivity contribution >= 4 is 63.7 Å². The van der Waals surface area contributed by atoms with E-state index in [0.29, 0.717) is 11.0 Å². The van der Waals surface area contributed by atoms with Gasteiger partial charge < -0.3 is 39.8 Å². The van der Waals surface area contributed by atoms with Crippen molar-refractivity contribution in [1.82, 2.24) is 25.5 Å². The number of nitriles is 1. The maximum absolute atomic E-state index is 15.7. The summed E-state index contributed by atoms with van der Waals surface area (Å²) >= 11 is 6.95. The van der Waals surface area contributed by atoms with E-state index in [1.165, 1.54) is 48.3 Å². The first-order valence-electron chi connectivity index (χ1n) is 23.6.